The highest BCUT2D eigenvalue weighted by Crippen LogP contribution is 2.16. The third-order valence-electron chi connectivity index (χ3n) is 2.83. The first-order valence-electron chi connectivity index (χ1n) is 5.18. The maximum absolute atomic E-state index is 11.6. The molecule has 1 saturated heterocycles. The Bertz CT molecular complexity index is 206. The SMILES string of the molecule is CC1CC(=O)N(CCN(C)C)CC1N. The zero-order valence-corrected chi connectivity index (χ0v) is 9.36. The molecule has 0 radical (unpaired) electrons. The molecule has 0 aromatic rings. The molecule has 0 aliphatic carbocycles. The Morgan fingerprint density at radius 1 is 1.57 bits per heavy atom. The summed E-state index contributed by atoms with van der Waals surface area (Å²) in [6.07, 6.45) is 0.606. The van der Waals surface area contributed by atoms with Gasteiger partial charge in [0.05, 0.1) is 0 Å². The van der Waals surface area contributed by atoms with E-state index >= 15 is 0 Å². The molecule has 0 spiro atoms. The second-order valence-corrected chi connectivity index (χ2v) is 4.49. The van der Waals surface area contributed by atoms with Crippen LogP contribution in [-0.2, 0) is 4.79 Å². The number of carbonyl (C=O) groups excluding carboxylic acids is 1. The molecule has 1 aliphatic heterocycles. The normalized spacial score (nSPS) is 28.6. The van der Waals surface area contributed by atoms with Gasteiger partial charge in [0.1, 0.15) is 0 Å². The highest BCUT2D eigenvalue weighted by Gasteiger charge is 2.28. The molecule has 2 N–H and O–H groups in total. The first kappa shape index (κ1) is 11.5. The molecule has 0 saturated carbocycles. The molecule has 1 rings (SSSR count). The van der Waals surface area contributed by atoms with Gasteiger partial charge in [-0.25, -0.2) is 0 Å². The molecule has 14 heavy (non-hydrogen) atoms. The van der Waals surface area contributed by atoms with Gasteiger partial charge in [-0.1, -0.05) is 6.92 Å². The van der Waals surface area contributed by atoms with Crippen molar-refractivity contribution in [3.05, 3.63) is 0 Å². The van der Waals surface area contributed by atoms with E-state index in [0.717, 1.165) is 13.1 Å². The lowest BCUT2D eigenvalue weighted by Crippen LogP contribution is -2.51. The Balaban J connectivity index is 2.41. The lowest BCUT2D eigenvalue weighted by Gasteiger charge is -2.35. The van der Waals surface area contributed by atoms with Crippen molar-refractivity contribution in [2.24, 2.45) is 11.7 Å². The van der Waals surface area contributed by atoms with Crippen molar-refractivity contribution < 1.29 is 4.79 Å². The first-order chi connectivity index (χ1) is 6.50. The Labute approximate surface area is 86.0 Å². The summed E-state index contributed by atoms with van der Waals surface area (Å²) >= 11 is 0. The summed E-state index contributed by atoms with van der Waals surface area (Å²) in [5.41, 5.74) is 5.93. The molecular weight excluding hydrogens is 178 g/mol. The minimum Gasteiger partial charge on any atom is -0.340 e. The summed E-state index contributed by atoms with van der Waals surface area (Å²) in [6, 6.07) is 0.148. The van der Waals surface area contributed by atoms with E-state index in [9.17, 15) is 4.79 Å². The first-order valence-corrected chi connectivity index (χ1v) is 5.18. The molecule has 4 nitrogen and oxygen atoms in total. The highest BCUT2D eigenvalue weighted by atomic mass is 16.2. The Morgan fingerprint density at radius 2 is 2.21 bits per heavy atom. The zero-order chi connectivity index (χ0) is 10.7. The fraction of sp³-hybridized carbons (Fsp3) is 0.900. The van der Waals surface area contributed by atoms with Crippen LogP contribution in [0.25, 0.3) is 0 Å². The molecule has 1 heterocycles. The van der Waals surface area contributed by atoms with Crippen LogP contribution in [0, 0.1) is 5.92 Å². The summed E-state index contributed by atoms with van der Waals surface area (Å²) in [5.74, 6) is 0.583. The second-order valence-electron chi connectivity index (χ2n) is 4.49. The monoisotopic (exact) mass is 199 g/mol. The molecule has 4 heteroatoms. The molecule has 1 fully saturated rings. The summed E-state index contributed by atoms with van der Waals surface area (Å²) in [4.78, 5) is 15.6. The van der Waals surface area contributed by atoms with Crippen molar-refractivity contribution >= 4 is 5.91 Å². The van der Waals surface area contributed by atoms with Crippen molar-refractivity contribution in [3.63, 3.8) is 0 Å². The van der Waals surface area contributed by atoms with E-state index < -0.39 is 0 Å². The van der Waals surface area contributed by atoms with Gasteiger partial charge in [-0.05, 0) is 20.0 Å². The average Bonchev–Trinajstić information content (AvgIpc) is 2.09. The number of likely N-dealkylation sites (tertiary alicyclic amines) is 1. The molecule has 1 aliphatic rings. The molecule has 0 bridgehead atoms. The lowest BCUT2D eigenvalue weighted by molar-refractivity contribution is -0.135. The Morgan fingerprint density at radius 3 is 2.79 bits per heavy atom. The van der Waals surface area contributed by atoms with Gasteiger partial charge in [0.25, 0.3) is 0 Å². The second kappa shape index (κ2) is 4.75. The van der Waals surface area contributed by atoms with Gasteiger partial charge in [0.2, 0.25) is 5.91 Å². The number of hydrogen-bond acceptors (Lipinski definition) is 3. The average molecular weight is 199 g/mol. The van der Waals surface area contributed by atoms with Gasteiger partial charge in [-0.15, -0.1) is 0 Å². The zero-order valence-electron chi connectivity index (χ0n) is 9.36. The number of carbonyl (C=O) groups is 1. The van der Waals surface area contributed by atoms with Crippen LogP contribution in [0.5, 0.6) is 0 Å². The summed E-state index contributed by atoms with van der Waals surface area (Å²) in [6.45, 7) is 4.47. The van der Waals surface area contributed by atoms with Crippen LogP contribution in [0.15, 0.2) is 0 Å². The molecule has 0 aromatic carbocycles. The maximum Gasteiger partial charge on any atom is 0.222 e. The Kier molecular flexibility index (Phi) is 3.89. The van der Waals surface area contributed by atoms with Crippen LogP contribution in [0.4, 0.5) is 0 Å². The van der Waals surface area contributed by atoms with Crippen molar-refractivity contribution in [1.82, 2.24) is 9.80 Å². The molecule has 2 unspecified atom stereocenters. The number of likely N-dealkylation sites (N-methyl/N-ethyl adjacent to an activating group) is 1. The molecule has 2 atom stereocenters. The van der Waals surface area contributed by atoms with E-state index in [0.29, 0.717) is 18.9 Å². The van der Waals surface area contributed by atoms with Crippen LogP contribution >= 0.6 is 0 Å². The highest BCUT2D eigenvalue weighted by molar-refractivity contribution is 5.77. The van der Waals surface area contributed by atoms with Gasteiger partial charge < -0.3 is 15.5 Å². The number of nitrogens with zero attached hydrogens (tertiary/aromatic N) is 2. The van der Waals surface area contributed by atoms with Crippen LogP contribution in [0.1, 0.15) is 13.3 Å². The van der Waals surface area contributed by atoms with Gasteiger partial charge in [-0.3, -0.25) is 4.79 Å². The quantitative estimate of drug-likeness (QED) is 0.681. The van der Waals surface area contributed by atoms with Crippen molar-refractivity contribution in [2.45, 2.75) is 19.4 Å². The number of piperidine rings is 1. The van der Waals surface area contributed by atoms with E-state index in [1.807, 2.05) is 25.9 Å². The minimum absolute atomic E-state index is 0.148. The van der Waals surface area contributed by atoms with Crippen LogP contribution in [0.2, 0.25) is 0 Å². The number of amides is 1. The van der Waals surface area contributed by atoms with Crippen LogP contribution in [-0.4, -0.2) is 55.5 Å². The molecule has 0 aromatic heterocycles. The van der Waals surface area contributed by atoms with Gasteiger partial charge in [-0.2, -0.15) is 0 Å². The van der Waals surface area contributed by atoms with E-state index in [1.165, 1.54) is 0 Å². The van der Waals surface area contributed by atoms with Gasteiger partial charge in [0.15, 0.2) is 0 Å². The van der Waals surface area contributed by atoms with E-state index in [-0.39, 0.29) is 11.9 Å². The topological polar surface area (TPSA) is 49.6 Å². The molecule has 82 valence electrons. The fourth-order valence-corrected chi connectivity index (χ4v) is 1.63. The van der Waals surface area contributed by atoms with Gasteiger partial charge >= 0.3 is 0 Å². The largest absolute Gasteiger partial charge is 0.340 e. The molecular formula is C10H21N3O. The Hall–Kier alpha value is -0.610. The third kappa shape index (κ3) is 2.96. The molecule has 1 amide bonds. The van der Waals surface area contributed by atoms with E-state index in [1.54, 1.807) is 0 Å². The van der Waals surface area contributed by atoms with Crippen LogP contribution < -0.4 is 5.73 Å². The van der Waals surface area contributed by atoms with Crippen LogP contribution in [0.3, 0.4) is 0 Å². The summed E-state index contributed by atoms with van der Waals surface area (Å²) < 4.78 is 0. The number of hydrogen-bond donors (Lipinski definition) is 1. The predicted molar refractivity (Wildman–Crippen MR) is 56.9 cm³/mol. The summed E-state index contributed by atoms with van der Waals surface area (Å²) in [7, 11) is 4.02. The van der Waals surface area contributed by atoms with E-state index in [2.05, 4.69) is 4.90 Å². The fourth-order valence-electron chi connectivity index (χ4n) is 1.63. The maximum atomic E-state index is 11.6. The van der Waals surface area contributed by atoms with Crippen molar-refractivity contribution in [1.29, 1.82) is 0 Å². The van der Waals surface area contributed by atoms with Gasteiger partial charge in [0, 0.05) is 32.1 Å². The standard InChI is InChI=1S/C10H21N3O/c1-8-6-10(14)13(7-9(8)11)5-4-12(2)3/h8-9H,4-7,11H2,1-3H3. The third-order valence-corrected chi connectivity index (χ3v) is 2.83. The van der Waals surface area contributed by atoms with E-state index in [4.69, 9.17) is 5.73 Å². The number of nitrogens with two attached hydrogens (primary N) is 1. The summed E-state index contributed by atoms with van der Waals surface area (Å²) in [5, 5.41) is 0. The minimum atomic E-state index is 0.148. The van der Waals surface area contributed by atoms with Crippen molar-refractivity contribution in [2.75, 3.05) is 33.7 Å². The van der Waals surface area contributed by atoms with Crippen molar-refractivity contribution in [3.8, 4) is 0 Å². The lowest BCUT2D eigenvalue weighted by atomic mass is 9.94. The predicted octanol–water partition coefficient (Wildman–Crippen LogP) is -0.256. The smallest absolute Gasteiger partial charge is 0.222 e. The number of rotatable bonds is 3.